The highest BCUT2D eigenvalue weighted by molar-refractivity contribution is 9.10. The number of ether oxygens (including phenoxy) is 1. The maximum atomic E-state index is 12.6. The average molecular weight is 555 g/mol. The first-order valence-electron chi connectivity index (χ1n) is 11.2. The molecule has 11 nitrogen and oxygen atoms in total. The predicted molar refractivity (Wildman–Crippen MR) is 140 cm³/mol. The van der Waals surface area contributed by atoms with E-state index in [4.69, 9.17) is 4.74 Å². The summed E-state index contributed by atoms with van der Waals surface area (Å²) in [4.78, 5) is 46.5. The first kappa shape index (κ1) is 23.8. The van der Waals surface area contributed by atoms with Gasteiger partial charge in [-0.05, 0) is 36.4 Å². The highest BCUT2D eigenvalue weighted by Gasteiger charge is 2.20. The van der Waals surface area contributed by atoms with Gasteiger partial charge in [-0.1, -0.05) is 15.9 Å². The minimum absolute atomic E-state index is 0.172. The fraction of sp³-hybridized carbons (Fsp3) is 0.250. The maximum Gasteiger partial charge on any atom is 0.335 e. The number of hydrogen-bond donors (Lipinski definition) is 2. The largest absolute Gasteiger partial charge is 0.493 e. The van der Waals surface area contributed by atoms with E-state index >= 15 is 0 Å². The Kier molecular flexibility index (Phi) is 6.14. The zero-order chi connectivity index (χ0) is 25.6. The van der Waals surface area contributed by atoms with Crippen LogP contribution in [0.25, 0.3) is 16.7 Å². The number of nitrogens with one attached hydrogen (secondary N) is 1. The number of aryl methyl sites for hydroxylation is 2. The zero-order valence-corrected chi connectivity index (χ0v) is 21.2. The number of aromatic nitrogens is 4. The third-order valence-corrected chi connectivity index (χ3v) is 6.79. The molecule has 0 aliphatic carbocycles. The quantitative estimate of drug-likeness (QED) is 0.370. The van der Waals surface area contributed by atoms with Crippen LogP contribution in [0.15, 0.2) is 60.2 Å². The Morgan fingerprint density at radius 3 is 2.33 bits per heavy atom. The molecule has 0 unspecified atom stereocenters. The van der Waals surface area contributed by atoms with Crippen LogP contribution in [0.2, 0.25) is 0 Å². The lowest BCUT2D eigenvalue weighted by Gasteiger charge is -2.30. The Balaban J connectivity index is 1.67. The van der Waals surface area contributed by atoms with Crippen LogP contribution < -0.4 is 21.8 Å². The van der Waals surface area contributed by atoms with Crippen LogP contribution in [-0.4, -0.2) is 56.3 Å². The summed E-state index contributed by atoms with van der Waals surface area (Å²) < 4.78 is 10.4. The SMILES string of the molecule is Cn1c(=O)n(C)c2cc(N3CCOCC3)c(N=Cc3c(O)n(-c4ccc(Br)cc4)c(=O)[nH]c3=O)cc21. The van der Waals surface area contributed by atoms with Crippen molar-refractivity contribution in [2.75, 3.05) is 31.2 Å². The molecule has 2 aromatic heterocycles. The molecule has 36 heavy (non-hydrogen) atoms. The fourth-order valence-corrected chi connectivity index (χ4v) is 4.57. The van der Waals surface area contributed by atoms with E-state index in [9.17, 15) is 19.5 Å². The number of H-pyrrole nitrogens is 1. The van der Waals surface area contributed by atoms with Crippen molar-refractivity contribution in [3.05, 3.63) is 77.8 Å². The maximum absolute atomic E-state index is 12.6. The number of fused-ring (bicyclic) bond motifs is 1. The van der Waals surface area contributed by atoms with E-state index in [0.29, 0.717) is 43.2 Å². The molecule has 3 heterocycles. The van der Waals surface area contributed by atoms with Gasteiger partial charge in [0.25, 0.3) is 5.56 Å². The van der Waals surface area contributed by atoms with Gasteiger partial charge in [0.2, 0.25) is 5.88 Å². The van der Waals surface area contributed by atoms with Crippen molar-refractivity contribution in [1.82, 2.24) is 18.7 Å². The van der Waals surface area contributed by atoms with Gasteiger partial charge >= 0.3 is 11.4 Å². The number of hydrogen-bond acceptors (Lipinski definition) is 7. The van der Waals surface area contributed by atoms with Gasteiger partial charge in [0.15, 0.2) is 0 Å². The number of anilines is 1. The first-order valence-corrected chi connectivity index (χ1v) is 12.0. The number of aromatic hydroxyl groups is 1. The Hall–Kier alpha value is -3.90. The number of aliphatic imine (C=N–C) groups is 1. The van der Waals surface area contributed by atoms with Crippen LogP contribution in [0.5, 0.6) is 5.88 Å². The summed E-state index contributed by atoms with van der Waals surface area (Å²) in [7, 11) is 3.39. The highest BCUT2D eigenvalue weighted by Crippen LogP contribution is 2.34. The minimum atomic E-state index is -0.772. The van der Waals surface area contributed by atoms with Gasteiger partial charge < -0.3 is 14.7 Å². The number of rotatable bonds is 4. The Bertz CT molecular complexity index is 1670. The molecule has 2 N–H and O–H groups in total. The molecule has 186 valence electrons. The van der Waals surface area contributed by atoms with Crippen LogP contribution in [0.3, 0.4) is 0 Å². The third kappa shape index (κ3) is 4.07. The molecular weight excluding hydrogens is 532 g/mol. The van der Waals surface area contributed by atoms with E-state index in [2.05, 4.69) is 30.8 Å². The number of morpholine rings is 1. The molecular formula is C24H23BrN6O5. The van der Waals surface area contributed by atoms with Crippen molar-refractivity contribution >= 4 is 44.6 Å². The van der Waals surface area contributed by atoms with E-state index in [0.717, 1.165) is 20.2 Å². The van der Waals surface area contributed by atoms with Gasteiger partial charge in [-0.15, -0.1) is 0 Å². The molecule has 5 rings (SSSR count). The zero-order valence-electron chi connectivity index (χ0n) is 19.6. The Morgan fingerprint density at radius 1 is 1.03 bits per heavy atom. The second kappa shape index (κ2) is 9.28. The number of imidazole rings is 1. The molecule has 1 saturated heterocycles. The van der Waals surface area contributed by atoms with E-state index in [1.54, 1.807) is 49.0 Å². The van der Waals surface area contributed by atoms with Gasteiger partial charge in [-0.25, -0.2) is 14.2 Å². The van der Waals surface area contributed by atoms with Crippen LogP contribution in [0, 0.1) is 0 Å². The summed E-state index contributed by atoms with van der Waals surface area (Å²) >= 11 is 3.34. The van der Waals surface area contributed by atoms with Crippen LogP contribution in [0.4, 0.5) is 11.4 Å². The molecule has 0 amide bonds. The predicted octanol–water partition coefficient (Wildman–Crippen LogP) is 1.77. The number of aromatic amines is 1. The lowest BCUT2D eigenvalue weighted by atomic mass is 10.2. The van der Waals surface area contributed by atoms with Crippen LogP contribution in [0.1, 0.15) is 5.56 Å². The third-order valence-electron chi connectivity index (χ3n) is 6.26. The Labute approximate surface area is 212 Å². The fourth-order valence-electron chi connectivity index (χ4n) is 4.30. The minimum Gasteiger partial charge on any atom is -0.493 e. The molecule has 1 aliphatic rings. The summed E-state index contributed by atoms with van der Waals surface area (Å²) in [6.45, 7) is 2.37. The smallest absolute Gasteiger partial charge is 0.335 e. The molecule has 1 fully saturated rings. The molecule has 0 spiro atoms. The summed E-state index contributed by atoms with van der Waals surface area (Å²) in [5.41, 5.74) is 1.18. The van der Waals surface area contributed by atoms with E-state index in [1.807, 2.05) is 6.07 Å². The van der Waals surface area contributed by atoms with Crippen molar-refractivity contribution in [1.29, 1.82) is 0 Å². The second-order valence-corrected chi connectivity index (χ2v) is 9.31. The van der Waals surface area contributed by atoms with Crippen LogP contribution in [-0.2, 0) is 18.8 Å². The van der Waals surface area contributed by atoms with Crippen molar-refractivity contribution in [2.45, 2.75) is 0 Å². The van der Waals surface area contributed by atoms with Gasteiger partial charge in [0, 0.05) is 37.9 Å². The van der Waals surface area contributed by atoms with E-state index in [1.165, 1.54) is 10.8 Å². The summed E-state index contributed by atoms with van der Waals surface area (Å²) in [6.07, 6.45) is 1.23. The number of benzene rings is 2. The molecule has 0 saturated carbocycles. The average Bonchev–Trinajstić information content (AvgIpc) is 3.08. The molecule has 4 aromatic rings. The monoisotopic (exact) mass is 554 g/mol. The first-order chi connectivity index (χ1) is 17.3. The van der Waals surface area contributed by atoms with Gasteiger partial charge in [-0.3, -0.25) is 23.9 Å². The topological polar surface area (TPSA) is 127 Å². The van der Waals surface area contributed by atoms with Crippen LogP contribution >= 0.6 is 15.9 Å². The molecule has 0 radical (unpaired) electrons. The second-order valence-electron chi connectivity index (χ2n) is 8.40. The Morgan fingerprint density at radius 2 is 1.67 bits per heavy atom. The van der Waals surface area contributed by atoms with Crippen molar-refractivity contribution in [3.63, 3.8) is 0 Å². The van der Waals surface area contributed by atoms with E-state index in [-0.39, 0.29) is 11.3 Å². The van der Waals surface area contributed by atoms with Gasteiger partial charge in [-0.2, -0.15) is 0 Å². The van der Waals surface area contributed by atoms with E-state index < -0.39 is 17.1 Å². The summed E-state index contributed by atoms with van der Waals surface area (Å²) in [5.74, 6) is -0.532. The molecule has 2 aromatic carbocycles. The normalized spacial score (nSPS) is 14.2. The summed E-state index contributed by atoms with van der Waals surface area (Å²) in [6, 6.07) is 10.4. The van der Waals surface area contributed by atoms with Crippen molar-refractivity contribution in [3.8, 4) is 11.6 Å². The van der Waals surface area contributed by atoms with Crippen molar-refractivity contribution < 1.29 is 9.84 Å². The highest BCUT2D eigenvalue weighted by atomic mass is 79.9. The summed E-state index contributed by atoms with van der Waals surface area (Å²) in [5, 5.41) is 10.9. The van der Waals surface area contributed by atoms with Crippen molar-refractivity contribution in [2.24, 2.45) is 19.1 Å². The molecule has 0 bridgehead atoms. The lowest BCUT2D eigenvalue weighted by Crippen LogP contribution is -2.36. The number of nitrogens with zero attached hydrogens (tertiary/aromatic N) is 5. The lowest BCUT2D eigenvalue weighted by molar-refractivity contribution is 0.123. The molecule has 1 aliphatic heterocycles. The number of halogens is 1. The van der Waals surface area contributed by atoms with Gasteiger partial charge in [0.1, 0.15) is 5.56 Å². The molecule has 12 heteroatoms. The standard InChI is InChI=1S/C24H23BrN6O5/c1-28-19-11-17(18(30-7-9-36-10-8-30)12-20(19)29(2)24(28)35)26-13-16-21(32)27-23(34)31(22(16)33)15-5-3-14(25)4-6-15/h3-6,11-13,33H,7-10H2,1-2H3,(H,27,32,34). The molecule has 0 atom stereocenters. The van der Waals surface area contributed by atoms with Gasteiger partial charge in [0.05, 0.1) is 41.3 Å².